The van der Waals surface area contributed by atoms with Crippen molar-refractivity contribution in [3.05, 3.63) is 52.5 Å². The minimum absolute atomic E-state index is 0. The van der Waals surface area contributed by atoms with Crippen LogP contribution in [-0.2, 0) is 13.0 Å². The number of guanidine groups is 1. The second-order valence-electron chi connectivity index (χ2n) is 4.32. The van der Waals surface area contributed by atoms with Crippen LogP contribution >= 0.6 is 35.3 Å². The first kappa shape index (κ1) is 17.9. The van der Waals surface area contributed by atoms with Crippen molar-refractivity contribution in [1.29, 1.82) is 0 Å². The smallest absolute Gasteiger partial charge is 0.191 e. The lowest BCUT2D eigenvalue weighted by Crippen LogP contribution is -2.38. The Bertz CT molecular complexity index is 514. The van der Waals surface area contributed by atoms with E-state index in [4.69, 9.17) is 0 Å². The van der Waals surface area contributed by atoms with Gasteiger partial charge in [-0.2, -0.15) is 11.3 Å². The molecule has 2 rings (SSSR count). The quantitative estimate of drug-likeness (QED) is 0.433. The van der Waals surface area contributed by atoms with Gasteiger partial charge in [-0.15, -0.1) is 24.0 Å². The molecule has 0 atom stereocenters. The highest BCUT2D eigenvalue weighted by Crippen LogP contribution is 2.06. The van der Waals surface area contributed by atoms with Gasteiger partial charge < -0.3 is 10.6 Å². The number of hydrogen-bond donors (Lipinski definition) is 2. The van der Waals surface area contributed by atoms with Gasteiger partial charge in [-0.05, 0) is 41.4 Å². The van der Waals surface area contributed by atoms with Gasteiger partial charge in [0.2, 0.25) is 0 Å². The fourth-order valence-electron chi connectivity index (χ4n) is 1.75. The highest BCUT2D eigenvalue weighted by Gasteiger charge is 1.98. The van der Waals surface area contributed by atoms with Crippen LogP contribution in [0.5, 0.6) is 0 Å². The van der Waals surface area contributed by atoms with Gasteiger partial charge in [0, 0.05) is 31.4 Å². The van der Waals surface area contributed by atoms with E-state index in [1.807, 2.05) is 24.4 Å². The molecule has 0 aliphatic rings. The fraction of sp³-hybridized carbons (Fsp3) is 0.333. The zero-order valence-corrected chi connectivity index (χ0v) is 15.2. The lowest BCUT2D eigenvalue weighted by atomic mass is 10.3. The van der Waals surface area contributed by atoms with E-state index in [0.29, 0.717) is 6.54 Å². The van der Waals surface area contributed by atoms with Crippen LogP contribution in [0.15, 0.2) is 46.2 Å². The third-order valence-corrected chi connectivity index (χ3v) is 3.48. The van der Waals surface area contributed by atoms with Crippen molar-refractivity contribution in [1.82, 2.24) is 15.6 Å². The average molecular weight is 416 g/mol. The van der Waals surface area contributed by atoms with E-state index in [9.17, 15) is 0 Å². The van der Waals surface area contributed by atoms with Crippen molar-refractivity contribution in [3.63, 3.8) is 0 Å². The number of thiophene rings is 1. The minimum atomic E-state index is 0. The second-order valence-corrected chi connectivity index (χ2v) is 5.10. The summed E-state index contributed by atoms with van der Waals surface area (Å²) >= 11 is 1.70. The number of halogens is 1. The lowest BCUT2D eigenvalue weighted by molar-refractivity contribution is 0.788. The Kier molecular flexibility index (Phi) is 9.00. The van der Waals surface area contributed by atoms with E-state index in [2.05, 4.69) is 44.4 Å². The molecule has 2 aromatic heterocycles. The Balaban J connectivity index is 0.00000220. The fourth-order valence-corrected chi connectivity index (χ4v) is 2.41. The summed E-state index contributed by atoms with van der Waals surface area (Å²) in [6, 6.07) is 8.09. The first-order valence-electron chi connectivity index (χ1n) is 6.81. The van der Waals surface area contributed by atoms with Gasteiger partial charge in [-0.25, -0.2) is 4.99 Å². The number of nitrogens with one attached hydrogen (secondary N) is 2. The molecule has 0 fully saturated rings. The number of aliphatic imine (C=N–C) groups is 1. The molecular formula is C15H21IN4S. The van der Waals surface area contributed by atoms with Crippen LogP contribution in [0.1, 0.15) is 18.2 Å². The summed E-state index contributed by atoms with van der Waals surface area (Å²) in [4.78, 5) is 8.88. The maximum atomic E-state index is 4.57. The van der Waals surface area contributed by atoms with E-state index < -0.39 is 0 Å². The van der Waals surface area contributed by atoms with Crippen LogP contribution < -0.4 is 10.6 Å². The van der Waals surface area contributed by atoms with Crippen LogP contribution in [-0.4, -0.2) is 24.0 Å². The van der Waals surface area contributed by atoms with Gasteiger partial charge in [0.15, 0.2) is 5.96 Å². The number of pyridine rings is 1. The SMILES string of the molecule is CCNC(=NCc1ccsc1)NCCc1ccccn1.I. The second kappa shape index (κ2) is 10.6. The molecule has 2 N–H and O–H groups in total. The normalized spacial score (nSPS) is 10.8. The Morgan fingerprint density at radius 3 is 2.86 bits per heavy atom. The van der Waals surface area contributed by atoms with E-state index in [1.165, 1.54) is 5.56 Å². The lowest BCUT2D eigenvalue weighted by Gasteiger charge is -2.10. The van der Waals surface area contributed by atoms with E-state index in [-0.39, 0.29) is 24.0 Å². The predicted octanol–water partition coefficient (Wildman–Crippen LogP) is 3.06. The maximum absolute atomic E-state index is 4.57. The molecule has 0 saturated heterocycles. The molecule has 0 aliphatic carbocycles. The molecule has 2 heterocycles. The Morgan fingerprint density at radius 1 is 1.29 bits per heavy atom. The molecule has 6 heteroatoms. The molecule has 0 unspecified atom stereocenters. The number of nitrogens with zero attached hydrogens (tertiary/aromatic N) is 2. The Morgan fingerprint density at radius 2 is 2.19 bits per heavy atom. The number of rotatable bonds is 6. The topological polar surface area (TPSA) is 49.3 Å². The molecule has 114 valence electrons. The maximum Gasteiger partial charge on any atom is 0.191 e. The summed E-state index contributed by atoms with van der Waals surface area (Å²) in [5.74, 6) is 0.856. The van der Waals surface area contributed by atoms with E-state index in [0.717, 1.165) is 31.2 Å². The van der Waals surface area contributed by atoms with E-state index >= 15 is 0 Å². The zero-order valence-electron chi connectivity index (χ0n) is 12.1. The van der Waals surface area contributed by atoms with Gasteiger partial charge in [0.1, 0.15) is 0 Å². The minimum Gasteiger partial charge on any atom is -0.357 e. The van der Waals surface area contributed by atoms with E-state index in [1.54, 1.807) is 11.3 Å². The van der Waals surface area contributed by atoms with Crippen molar-refractivity contribution in [2.45, 2.75) is 19.9 Å². The van der Waals surface area contributed by atoms with Gasteiger partial charge in [0.25, 0.3) is 0 Å². The van der Waals surface area contributed by atoms with Crippen molar-refractivity contribution in [3.8, 4) is 0 Å². The summed E-state index contributed by atoms with van der Waals surface area (Å²) in [6.07, 6.45) is 2.72. The summed E-state index contributed by atoms with van der Waals surface area (Å²) in [7, 11) is 0. The molecule has 0 bridgehead atoms. The highest BCUT2D eigenvalue weighted by atomic mass is 127. The molecular weight excluding hydrogens is 395 g/mol. The molecule has 0 amide bonds. The zero-order chi connectivity index (χ0) is 14.0. The van der Waals surface area contributed by atoms with Crippen LogP contribution in [0.4, 0.5) is 0 Å². The molecule has 21 heavy (non-hydrogen) atoms. The van der Waals surface area contributed by atoms with Crippen molar-refractivity contribution in [2.24, 2.45) is 4.99 Å². The largest absolute Gasteiger partial charge is 0.357 e. The van der Waals surface area contributed by atoms with Gasteiger partial charge in [-0.3, -0.25) is 4.98 Å². The summed E-state index contributed by atoms with van der Waals surface area (Å²) in [5.41, 5.74) is 2.34. The summed E-state index contributed by atoms with van der Waals surface area (Å²) in [6.45, 7) is 4.47. The molecule has 4 nitrogen and oxygen atoms in total. The first-order chi connectivity index (χ1) is 9.88. The van der Waals surface area contributed by atoms with Crippen molar-refractivity contribution < 1.29 is 0 Å². The molecule has 0 aromatic carbocycles. The monoisotopic (exact) mass is 416 g/mol. The van der Waals surface area contributed by atoms with Crippen LogP contribution in [0.2, 0.25) is 0 Å². The third-order valence-electron chi connectivity index (χ3n) is 2.74. The summed E-state index contributed by atoms with van der Waals surface area (Å²) in [5, 5.41) is 10.8. The van der Waals surface area contributed by atoms with Crippen LogP contribution in [0, 0.1) is 0 Å². The molecule has 0 saturated carbocycles. The van der Waals surface area contributed by atoms with Crippen molar-refractivity contribution >= 4 is 41.3 Å². The predicted molar refractivity (Wildman–Crippen MR) is 100 cm³/mol. The summed E-state index contributed by atoms with van der Waals surface area (Å²) < 4.78 is 0. The van der Waals surface area contributed by atoms with Gasteiger partial charge in [0.05, 0.1) is 6.54 Å². The molecule has 0 radical (unpaired) electrons. The third kappa shape index (κ3) is 6.90. The molecule has 0 spiro atoms. The van der Waals surface area contributed by atoms with Gasteiger partial charge in [-0.1, -0.05) is 6.07 Å². The Hall–Kier alpha value is -1.15. The highest BCUT2D eigenvalue weighted by molar-refractivity contribution is 14.0. The Labute approximate surface area is 147 Å². The number of hydrogen-bond acceptors (Lipinski definition) is 3. The molecule has 0 aliphatic heterocycles. The van der Waals surface area contributed by atoms with Crippen LogP contribution in [0.25, 0.3) is 0 Å². The average Bonchev–Trinajstić information content (AvgIpc) is 2.99. The van der Waals surface area contributed by atoms with Crippen LogP contribution in [0.3, 0.4) is 0 Å². The molecule has 2 aromatic rings. The standard InChI is InChI=1S/C15H20N4S.HI/c1-2-16-15(19-11-13-7-10-20-12-13)18-9-6-14-5-3-4-8-17-14;/h3-5,7-8,10,12H,2,6,9,11H2,1H3,(H2,16,18,19);1H. The van der Waals surface area contributed by atoms with Gasteiger partial charge >= 0.3 is 0 Å². The number of aromatic nitrogens is 1. The van der Waals surface area contributed by atoms with Crippen molar-refractivity contribution in [2.75, 3.05) is 13.1 Å². The first-order valence-corrected chi connectivity index (χ1v) is 7.76.